The van der Waals surface area contributed by atoms with Gasteiger partial charge in [-0.15, -0.1) is 0 Å². The Bertz CT molecular complexity index is 1210. The molecule has 0 aliphatic rings. The number of amides is 1. The molecule has 1 amide bonds. The molecule has 1 aromatic heterocycles. The van der Waals surface area contributed by atoms with Crippen LogP contribution >= 0.6 is 15.9 Å². The van der Waals surface area contributed by atoms with Crippen LogP contribution in [0.5, 0.6) is 5.75 Å². The summed E-state index contributed by atoms with van der Waals surface area (Å²) in [7, 11) is 0. The highest BCUT2D eigenvalue weighted by molar-refractivity contribution is 9.10. The zero-order chi connectivity index (χ0) is 21.3. The lowest BCUT2D eigenvalue weighted by molar-refractivity contribution is -0.118. The largest absolute Gasteiger partial charge is 0.482 e. The molecule has 0 aliphatic carbocycles. The van der Waals surface area contributed by atoms with Crippen molar-refractivity contribution in [2.75, 3.05) is 11.9 Å². The van der Waals surface area contributed by atoms with Crippen molar-refractivity contribution in [2.45, 2.75) is 20.8 Å². The Kier molecular flexibility index (Phi) is 5.59. The van der Waals surface area contributed by atoms with Crippen LogP contribution in [0.15, 0.2) is 63.5 Å². The zero-order valence-electron chi connectivity index (χ0n) is 17.0. The average Bonchev–Trinajstić information content (AvgIpc) is 3.11. The highest BCUT2D eigenvalue weighted by Crippen LogP contribution is 2.30. The van der Waals surface area contributed by atoms with Crippen LogP contribution in [0, 0.1) is 20.8 Å². The van der Waals surface area contributed by atoms with Gasteiger partial charge in [-0.1, -0.05) is 23.8 Å². The van der Waals surface area contributed by atoms with Gasteiger partial charge >= 0.3 is 0 Å². The fraction of sp³-hybridized carbons (Fsp3) is 0.167. The molecule has 0 saturated heterocycles. The maximum absolute atomic E-state index is 12.4. The van der Waals surface area contributed by atoms with Crippen molar-refractivity contribution in [1.29, 1.82) is 0 Å². The minimum atomic E-state index is -0.247. The van der Waals surface area contributed by atoms with Crippen LogP contribution in [0.2, 0.25) is 0 Å². The summed E-state index contributed by atoms with van der Waals surface area (Å²) >= 11 is 3.49. The molecule has 0 unspecified atom stereocenters. The molecule has 152 valence electrons. The smallest absolute Gasteiger partial charge is 0.262 e. The van der Waals surface area contributed by atoms with Crippen molar-refractivity contribution in [1.82, 2.24) is 4.98 Å². The Morgan fingerprint density at radius 1 is 1.03 bits per heavy atom. The first kappa shape index (κ1) is 20.2. The number of ether oxygens (including phenoxy) is 1. The minimum Gasteiger partial charge on any atom is -0.482 e. The number of anilines is 1. The summed E-state index contributed by atoms with van der Waals surface area (Å²) < 4.78 is 12.4. The Morgan fingerprint density at radius 2 is 1.80 bits per heavy atom. The minimum absolute atomic E-state index is 0.0893. The number of benzene rings is 3. The SMILES string of the molecule is Cc1ccc(-c2nc3cc(NC(=O)COc4c(C)cc(C)cc4Br)ccc3o2)cc1. The topological polar surface area (TPSA) is 64.4 Å². The van der Waals surface area contributed by atoms with Crippen molar-refractivity contribution < 1.29 is 13.9 Å². The highest BCUT2D eigenvalue weighted by Gasteiger charge is 2.12. The van der Waals surface area contributed by atoms with Gasteiger partial charge in [-0.25, -0.2) is 4.98 Å². The van der Waals surface area contributed by atoms with Crippen molar-refractivity contribution in [2.24, 2.45) is 0 Å². The van der Waals surface area contributed by atoms with E-state index >= 15 is 0 Å². The number of fused-ring (bicyclic) bond motifs is 1. The number of halogens is 1. The number of carbonyl (C=O) groups is 1. The molecular weight excluding hydrogens is 444 g/mol. The molecule has 4 rings (SSSR count). The molecular formula is C24H21BrN2O3. The van der Waals surface area contributed by atoms with E-state index in [9.17, 15) is 4.79 Å². The van der Waals surface area contributed by atoms with Crippen LogP contribution in [0.4, 0.5) is 5.69 Å². The fourth-order valence-corrected chi connectivity index (χ4v) is 4.03. The van der Waals surface area contributed by atoms with E-state index in [0.717, 1.165) is 21.2 Å². The summed E-state index contributed by atoms with van der Waals surface area (Å²) in [5.41, 5.74) is 6.18. The predicted octanol–water partition coefficient (Wildman–Crippen LogP) is 6.20. The van der Waals surface area contributed by atoms with Crippen LogP contribution < -0.4 is 10.1 Å². The van der Waals surface area contributed by atoms with E-state index in [4.69, 9.17) is 9.15 Å². The summed E-state index contributed by atoms with van der Waals surface area (Å²) in [4.78, 5) is 16.9. The number of aromatic nitrogens is 1. The number of oxazole rings is 1. The van der Waals surface area contributed by atoms with Gasteiger partial charge in [0.2, 0.25) is 5.89 Å². The lowest BCUT2D eigenvalue weighted by Gasteiger charge is -2.12. The second-order valence-corrected chi connectivity index (χ2v) is 8.15. The molecule has 1 heterocycles. The van der Waals surface area contributed by atoms with Crippen molar-refractivity contribution in [3.05, 3.63) is 75.8 Å². The predicted molar refractivity (Wildman–Crippen MR) is 122 cm³/mol. The summed E-state index contributed by atoms with van der Waals surface area (Å²) in [6, 6.07) is 17.4. The first-order valence-electron chi connectivity index (χ1n) is 9.56. The molecule has 3 aromatic carbocycles. The maximum Gasteiger partial charge on any atom is 0.262 e. The standard InChI is InChI=1S/C24H21BrN2O3/c1-14-4-6-17(7-5-14)24-27-20-12-18(8-9-21(20)30-24)26-22(28)13-29-23-16(3)10-15(2)11-19(23)25/h4-12H,13H2,1-3H3,(H,26,28). The third-order valence-electron chi connectivity index (χ3n) is 4.69. The molecule has 0 aliphatic heterocycles. The van der Waals surface area contributed by atoms with Gasteiger partial charge in [0.25, 0.3) is 5.91 Å². The zero-order valence-corrected chi connectivity index (χ0v) is 18.5. The summed E-state index contributed by atoms with van der Waals surface area (Å²) in [6.07, 6.45) is 0. The molecule has 0 saturated carbocycles. The number of rotatable bonds is 5. The van der Waals surface area contributed by atoms with E-state index < -0.39 is 0 Å². The Balaban J connectivity index is 1.46. The molecule has 0 radical (unpaired) electrons. The van der Waals surface area contributed by atoms with Crippen LogP contribution in [0.3, 0.4) is 0 Å². The molecule has 1 N–H and O–H groups in total. The summed E-state index contributed by atoms with van der Waals surface area (Å²) in [5, 5.41) is 2.85. The first-order valence-corrected chi connectivity index (χ1v) is 10.4. The summed E-state index contributed by atoms with van der Waals surface area (Å²) in [5.74, 6) is 0.977. The van der Waals surface area contributed by atoms with Gasteiger partial charge < -0.3 is 14.5 Å². The van der Waals surface area contributed by atoms with Crippen LogP contribution in [-0.4, -0.2) is 17.5 Å². The number of hydrogen-bond acceptors (Lipinski definition) is 4. The molecule has 5 nitrogen and oxygen atoms in total. The Hall–Kier alpha value is -3.12. The third-order valence-corrected chi connectivity index (χ3v) is 5.28. The number of aryl methyl sites for hydroxylation is 3. The van der Waals surface area contributed by atoms with Gasteiger partial charge in [0.05, 0.1) is 4.47 Å². The summed E-state index contributed by atoms with van der Waals surface area (Å²) in [6.45, 7) is 5.91. The normalized spacial score (nSPS) is 10.9. The Labute approximate surface area is 183 Å². The molecule has 0 fully saturated rings. The number of hydrogen-bond donors (Lipinski definition) is 1. The van der Waals surface area contributed by atoms with E-state index in [-0.39, 0.29) is 12.5 Å². The Morgan fingerprint density at radius 3 is 2.53 bits per heavy atom. The van der Waals surface area contributed by atoms with Crippen molar-refractivity contribution in [3.8, 4) is 17.2 Å². The number of nitrogens with one attached hydrogen (secondary N) is 1. The first-order chi connectivity index (χ1) is 14.4. The van der Waals surface area contributed by atoms with Gasteiger partial charge in [0.1, 0.15) is 11.3 Å². The lowest BCUT2D eigenvalue weighted by Crippen LogP contribution is -2.20. The number of nitrogens with zero attached hydrogens (tertiary/aromatic N) is 1. The quantitative estimate of drug-likeness (QED) is 0.381. The lowest BCUT2D eigenvalue weighted by atomic mass is 10.1. The van der Waals surface area contributed by atoms with Crippen LogP contribution in [-0.2, 0) is 4.79 Å². The van der Waals surface area contributed by atoms with Gasteiger partial charge in [0, 0.05) is 11.3 Å². The molecule has 0 spiro atoms. The fourth-order valence-electron chi connectivity index (χ4n) is 3.24. The van der Waals surface area contributed by atoms with Crippen LogP contribution in [0.25, 0.3) is 22.6 Å². The van der Waals surface area contributed by atoms with E-state index in [1.807, 2.05) is 57.2 Å². The monoisotopic (exact) mass is 464 g/mol. The third kappa shape index (κ3) is 4.39. The van der Waals surface area contributed by atoms with Crippen LogP contribution in [0.1, 0.15) is 16.7 Å². The second-order valence-electron chi connectivity index (χ2n) is 7.30. The molecule has 0 bridgehead atoms. The second kappa shape index (κ2) is 8.32. The molecule has 0 atom stereocenters. The van der Waals surface area contributed by atoms with E-state index in [0.29, 0.717) is 28.4 Å². The van der Waals surface area contributed by atoms with E-state index in [1.54, 1.807) is 18.2 Å². The molecule has 6 heteroatoms. The van der Waals surface area contributed by atoms with Crippen molar-refractivity contribution in [3.63, 3.8) is 0 Å². The molecule has 4 aromatic rings. The highest BCUT2D eigenvalue weighted by atomic mass is 79.9. The van der Waals surface area contributed by atoms with Crippen molar-refractivity contribution >= 4 is 38.6 Å². The average molecular weight is 465 g/mol. The van der Waals surface area contributed by atoms with Gasteiger partial charge in [0.15, 0.2) is 12.2 Å². The van der Waals surface area contributed by atoms with Gasteiger partial charge in [-0.2, -0.15) is 0 Å². The maximum atomic E-state index is 12.4. The van der Waals surface area contributed by atoms with E-state index in [2.05, 4.69) is 26.2 Å². The van der Waals surface area contributed by atoms with E-state index in [1.165, 1.54) is 5.56 Å². The van der Waals surface area contributed by atoms with Gasteiger partial charge in [-0.3, -0.25) is 4.79 Å². The number of carbonyl (C=O) groups excluding carboxylic acids is 1. The molecule has 30 heavy (non-hydrogen) atoms. The van der Waals surface area contributed by atoms with Gasteiger partial charge in [-0.05, 0) is 84.2 Å².